The van der Waals surface area contributed by atoms with Crippen LogP contribution in [0.25, 0.3) is 0 Å². The number of rotatable bonds is 7. The first-order valence-electron chi connectivity index (χ1n) is 14.6. The largest absolute Gasteiger partial charge is 0.478 e. The number of hydrogen-bond donors (Lipinski definition) is 3. The van der Waals surface area contributed by atoms with E-state index in [-0.39, 0.29) is 55.7 Å². The van der Waals surface area contributed by atoms with Gasteiger partial charge in [-0.25, -0.2) is 19.2 Å². The van der Waals surface area contributed by atoms with Gasteiger partial charge in [0.2, 0.25) is 0 Å². The van der Waals surface area contributed by atoms with Crippen molar-refractivity contribution < 1.29 is 72.5 Å². The second-order valence-electron chi connectivity index (χ2n) is 11.5. The van der Waals surface area contributed by atoms with E-state index in [9.17, 15) is 24.0 Å². The number of ether oxygens (including phenoxy) is 7. The van der Waals surface area contributed by atoms with Crippen LogP contribution < -0.4 is 0 Å². The van der Waals surface area contributed by atoms with Crippen LogP contribution in [0.5, 0.6) is 0 Å². The summed E-state index contributed by atoms with van der Waals surface area (Å²) in [6, 6.07) is 0. The molecule has 8 unspecified atom stereocenters. The SMILES string of the molecule is C=C(C)C(=O)O.C=C(C)C(=O)OC(=O)C(C)C.C=C(C)C(=O)OC1COC2C(OC(=O)C(=C)C)COC12.OC1COC2C(O)COC12. The van der Waals surface area contributed by atoms with Gasteiger partial charge in [-0.15, -0.1) is 0 Å². The highest BCUT2D eigenvalue weighted by molar-refractivity contribution is 5.95. The molecule has 4 rings (SSSR count). The van der Waals surface area contributed by atoms with Gasteiger partial charge in [-0.05, 0) is 27.7 Å². The van der Waals surface area contributed by atoms with Crippen LogP contribution in [0.1, 0.15) is 41.5 Å². The molecule has 15 heteroatoms. The number of aliphatic hydroxyl groups excluding tert-OH is 2. The minimum Gasteiger partial charge on any atom is -0.478 e. The highest BCUT2D eigenvalue weighted by Gasteiger charge is 2.51. The summed E-state index contributed by atoms with van der Waals surface area (Å²) in [6.45, 7) is 23.9. The van der Waals surface area contributed by atoms with Gasteiger partial charge in [-0.3, -0.25) is 4.79 Å². The Hall–Kier alpha value is -3.73. The first kappa shape index (κ1) is 41.3. The molecule has 47 heavy (non-hydrogen) atoms. The number of carbonyl (C=O) groups is 5. The zero-order valence-electron chi connectivity index (χ0n) is 27.6. The fourth-order valence-electron chi connectivity index (χ4n) is 3.86. The van der Waals surface area contributed by atoms with Crippen molar-refractivity contribution in [2.75, 3.05) is 26.4 Å². The van der Waals surface area contributed by atoms with Gasteiger partial charge in [0.25, 0.3) is 0 Å². The fourth-order valence-corrected chi connectivity index (χ4v) is 3.86. The van der Waals surface area contributed by atoms with E-state index in [4.69, 9.17) is 43.7 Å². The van der Waals surface area contributed by atoms with Crippen molar-refractivity contribution in [2.24, 2.45) is 5.92 Å². The molecule has 0 aromatic rings. The van der Waals surface area contributed by atoms with Crippen LogP contribution >= 0.6 is 0 Å². The molecule has 4 aliphatic rings. The fraction of sp³-hybridized carbons (Fsp3) is 0.594. The maximum atomic E-state index is 11.5. The molecule has 3 N–H and O–H groups in total. The lowest BCUT2D eigenvalue weighted by molar-refractivity contribution is -0.159. The number of carbonyl (C=O) groups excluding carboxylic acids is 4. The van der Waals surface area contributed by atoms with Crippen LogP contribution in [0, 0.1) is 5.92 Å². The minimum absolute atomic E-state index is 0.176. The molecule has 0 amide bonds. The van der Waals surface area contributed by atoms with E-state index < -0.39 is 66.5 Å². The lowest BCUT2D eigenvalue weighted by Crippen LogP contribution is -2.36. The summed E-state index contributed by atoms with van der Waals surface area (Å²) >= 11 is 0. The lowest BCUT2D eigenvalue weighted by Gasteiger charge is -2.17. The van der Waals surface area contributed by atoms with Gasteiger partial charge in [-0.1, -0.05) is 40.2 Å². The molecule has 0 aromatic carbocycles. The van der Waals surface area contributed by atoms with Crippen LogP contribution in [-0.2, 0) is 57.1 Å². The molecule has 4 heterocycles. The number of carboxylic acids is 1. The average Bonchev–Trinajstić information content (AvgIpc) is 3.75. The highest BCUT2D eigenvalue weighted by atomic mass is 16.7. The topological polar surface area (TPSA) is 211 Å². The molecule has 4 fully saturated rings. The van der Waals surface area contributed by atoms with Gasteiger partial charge in [-0.2, -0.15) is 0 Å². The Labute approximate surface area is 273 Å². The monoisotopic (exact) mass is 670 g/mol. The Morgan fingerprint density at radius 2 is 0.915 bits per heavy atom. The van der Waals surface area contributed by atoms with E-state index in [0.29, 0.717) is 11.1 Å². The van der Waals surface area contributed by atoms with E-state index in [1.54, 1.807) is 27.7 Å². The Bertz CT molecular complexity index is 1130. The third-order valence-corrected chi connectivity index (χ3v) is 6.56. The van der Waals surface area contributed by atoms with Crippen molar-refractivity contribution in [3.8, 4) is 0 Å². The molecule has 264 valence electrons. The van der Waals surface area contributed by atoms with Crippen molar-refractivity contribution in [2.45, 2.75) is 90.4 Å². The minimum atomic E-state index is -0.935. The molecule has 0 radical (unpaired) electrons. The van der Waals surface area contributed by atoms with Crippen LogP contribution in [0.3, 0.4) is 0 Å². The maximum absolute atomic E-state index is 11.5. The molecule has 15 nitrogen and oxygen atoms in total. The number of carboxylic acid groups (broad SMARTS) is 1. The Kier molecular flexibility index (Phi) is 16.8. The summed E-state index contributed by atoms with van der Waals surface area (Å²) in [6.07, 6.45) is -3.53. The van der Waals surface area contributed by atoms with Gasteiger partial charge in [0.15, 0.2) is 12.2 Å². The second kappa shape index (κ2) is 19.2. The smallest absolute Gasteiger partial charge is 0.340 e. The average molecular weight is 671 g/mol. The summed E-state index contributed by atoms with van der Waals surface area (Å²) in [5.74, 6) is -3.34. The van der Waals surface area contributed by atoms with Gasteiger partial charge < -0.3 is 48.5 Å². The molecule has 0 saturated carbocycles. The number of fused-ring (bicyclic) bond motifs is 2. The summed E-state index contributed by atoms with van der Waals surface area (Å²) in [5.41, 5.74) is 1.04. The maximum Gasteiger partial charge on any atom is 0.340 e. The molecule has 8 atom stereocenters. The summed E-state index contributed by atoms with van der Waals surface area (Å²) in [5, 5.41) is 26.2. The third kappa shape index (κ3) is 13.1. The normalized spacial score (nSPS) is 27.9. The second-order valence-corrected chi connectivity index (χ2v) is 11.5. The number of esters is 4. The predicted molar refractivity (Wildman–Crippen MR) is 164 cm³/mol. The molecule has 4 aliphatic heterocycles. The van der Waals surface area contributed by atoms with Crippen molar-refractivity contribution >= 4 is 29.8 Å². The first-order chi connectivity index (χ1) is 21.8. The van der Waals surface area contributed by atoms with Gasteiger partial charge in [0.05, 0.1) is 32.3 Å². The van der Waals surface area contributed by atoms with Gasteiger partial charge in [0.1, 0.15) is 36.6 Å². The molecular weight excluding hydrogens is 624 g/mol. The van der Waals surface area contributed by atoms with Crippen LogP contribution in [-0.4, -0.2) is 120 Å². The number of aliphatic carboxylic acids is 1. The molecule has 4 saturated heterocycles. The highest BCUT2D eigenvalue weighted by Crippen LogP contribution is 2.31. The third-order valence-electron chi connectivity index (χ3n) is 6.56. The first-order valence-corrected chi connectivity index (χ1v) is 14.6. The van der Waals surface area contributed by atoms with Gasteiger partial charge in [0, 0.05) is 22.3 Å². The van der Waals surface area contributed by atoms with E-state index in [1.165, 1.54) is 13.8 Å². The van der Waals surface area contributed by atoms with E-state index in [2.05, 4.69) is 31.1 Å². The standard InChI is InChI=1S/C14H18O6.C8H12O3.C6H10O4.C4H6O2/c1-7(2)13(15)19-9-5-17-12-10(6-18-11(9)12)20-14(16)8(3)4;1-5(2)7(9)11-8(10)6(3)4;7-3-1-9-6-4(8)2-10-5(3)6;1-3(2)4(5)6/h9-12H,1,3,5-6H2,2,4H3;6H,1H2,2-4H3;3-8H,1-2H2;1H2,2H3,(H,5,6). The lowest BCUT2D eigenvalue weighted by atomic mass is 10.1. The molecule has 0 bridgehead atoms. The summed E-state index contributed by atoms with van der Waals surface area (Å²) in [4.78, 5) is 54.1. The van der Waals surface area contributed by atoms with Crippen LogP contribution in [0.15, 0.2) is 48.6 Å². The van der Waals surface area contributed by atoms with E-state index >= 15 is 0 Å². The molecular formula is C32H46O15. The Balaban J connectivity index is 0.000000347. The Morgan fingerprint density at radius 1 is 0.596 bits per heavy atom. The van der Waals surface area contributed by atoms with Crippen molar-refractivity contribution in [3.05, 3.63) is 48.6 Å². The van der Waals surface area contributed by atoms with E-state index in [1.807, 2.05) is 0 Å². The van der Waals surface area contributed by atoms with E-state index in [0.717, 1.165) is 0 Å². The van der Waals surface area contributed by atoms with Crippen molar-refractivity contribution in [1.29, 1.82) is 0 Å². The summed E-state index contributed by atoms with van der Waals surface area (Å²) in [7, 11) is 0. The van der Waals surface area contributed by atoms with Crippen LogP contribution in [0.2, 0.25) is 0 Å². The molecule has 0 spiro atoms. The molecule has 0 aromatic heterocycles. The van der Waals surface area contributed by atoms with Crippen LogP contribution in [0.4, 0.5) is 0 Å². The van der Waals surface area contributed by atoms with Crippen molar-refractivity contribution in [3.63, 3.8) is 0 Å². The zero-order valence-corrected chi connectivity index (χ0v) is 27.6. The number of aliphatic hydroxyl groups is 2. The van der Waals surface area contributed by atoms with Crippen molar-refractivity contribution in [1.82, 2.24) is 0 Å². The van der Waals surface area contributed by atoms with Gasteiger partial charge >= 0.3 is 29.8 Å². The Morgan fingerprint density at radius 3 is 1.19 bits per heavy atom. The number of hydrogen-bond acceptors (Lipinski definition) is 14. The molecule has 0 aliphatic carbocycles. The quantitative estimate of drug-likeness (QED) is 0.150. The zero-order chi connectivity index (χ0) is 36.2. The predicted octanol–water partition coefficient (Wildman–Crippen LogP) is 1.20. The summed E-state index contributed by atoms with van der Waals surface area (Å²) < 4.78 is 36.1.